The number of aliphatic carboxylic acids is 1. The lowest BCUT2D eigenvalue weighted by Crippen LogP contribution is -2.47. The van der Waals surface area contributed by atoms with Gasteiger partial charge in [0.05, 0.1) is 12.2 Å². The fourth-order valence-corrected chi connectivity index (χ4v) is 2.79. The number of carboxylic acids is 2. The molecule has 1 aliphatic heterocycles. The molecular formula is C13H17N2O8P. The predicted octanol–water partition coefficient (Wildman–Crippen LogP) is -0.319. The van der Waals surface area contributed by atoms with Gasteiger partial charge < -0.3 is 25.3 Å². The summed E-state index contributed by atoms with van der Waals surface area (Å²) in [6.07, 6.45) is 0. The van der Waals surface area contributed by atoms with Crippen LogP contribution in [0.4, 0.5) is 0 Å². The molecule has 2 atom stereocenters. The SMILES string of the molecule is O=C(O)c1ccc2c(c1)CNCC2N[C@@H](COP(=O)(O)O)C(=O)O. The number of nitrogens with one attached hydrogen (secondary N) is 2. The molecule has 6 N–H and O–H groups in total. The largest absolute Gasteiger partial charge is 0.480 e. The minimum Gasteiger partial charge on any atom is -0.480 e. The Bertz CT molecular complexity index is 689. The predicted molar refractivity (Wildman–Crippen MR) is 80.4 cm³/mol. The number of carboxylic acid groups (broad SMARTS) is 2. The first-order chi connectivity index (χ1) is 11.2. The number of fused-ring (bicyclic) bond motifs is 1. The van der Waals surface area contributed by atoms with Crippen molar-refractivity contribution in [2.45, 2.75) is 18.6 Å². The molecule has 0 saturated carbocycles. The average molecular weight is 360 g/mol. The molecule has 10 nitrogen and oxygen atoms in total. The monoisotopic (exact) mass is 360 g/mol. The highest BCUT2D eigenvalue weighted by molar-refractivity contribution is 7.46. The van der Waals surface area contributed by atoms with Gasteiger partial charge in [-0.25, -0.2) is 9.36 Å². The Balaban J connectivity index is 2.16. The van der Waals surface area contributed by atoms with Crippen LogP contribution in [0, 0.1) is 0 Å². The van der Waals surface area contributed by atoms with Crippen LogP contribution in [0.5, 0.6) is 0 Å². The molecule has 1 unspecified atom stereocenters. The lowest BCUT2D eigenvalue weighted by molar-refractivity contribution is -0.140. The number of hydrogen-bond acceptors (Lipinski definition) is 6. The quantitative estimate of drug-likeness (QED) is 0.355. The molecular weight excluding hydrogens is 343 g/mol. The molecule has 0 amide bonds. The summed E-state index contributed by atoms with van der Waals surface area (Å²) in [5.74, 6) is -2.39. The number of aromatic carboxylic acids is 1. The molecule has 0 aliphatic carbocycles. The van der Waals surface area contributed by atoms with Crippen LogP contribution < -0.4 is 10.6 Å². The van der Waals surface area contributed by atoms with Crippen molar-refractivity contribution in [2.75, 3.05) is 13.2 Å². The number of rotatable bonds is 7. The summed E-state index contributed by atoms with van der Waals surface area (Å²) in [5.41, 5.74) is 1.55. The summed E-state index contributed by atoms with van der Waals surface area (Å²) in [5, 5.41) is 24.0. The molecule has 1 aliphatic rings. The number of phosphoric acid groups is 1. The summed E-state index contributed by atoms with van der Waals surface area (Å²) < 4.78 is 15.0. The van der Waals surface area contributed by atoms with E-state index >= 15 is 0 Å². The average Bonchev–Trinajstić information content (AvgIpc) is 2.49. The van der Waals surface area contributed by atoms with Crippen molar-refractivity contribution in [3.63, 3.8) is 0 Å². The summed E-state index contributed by atoms with van der Waals surface area (Å²) in [4.78, 5) is 39.7. The van der Waals surface area contributed by atoms with E-state index in [0.29, 0.717) is 18.7 Å². The molecule has 0 radical (unpaired) electrons. The molecule has 1 aromatic carbocycles. The number of phosphoric ester groups is 1. The van der Waals surface area contributed by atoms with Crippen LogP contribution in [0.2, 0.25) is 0 Å². The minimum absolute atomic E-state index is 0.121. The molecule has 1 aromatic rings. The molecule has 0 saturated heterocycles. The van der Waals surface area contributed by atoms with E-state index in [-0.39, 0.29) is 5.56 Å². The molecule has 132 valence electrons. The Hall–Kier alpha value is -1.81. The summed E-state index contributed by atoms with van der Waals surface area (Å²) in [6.45, 7) is 0.100. The Kier molecular flexibility index (Phi) is 5.70. The lowest BCUT2D eigenvalue weighted by atomic mass is 9.94. The van der Waals surface area contributed by atoms with E-state index in [9.17, 15) is 19.3 Å². The second kappa shape index (κ2) is 7.39. The summed E-state index contributed by atoms with van der Waals surface area (Å²) in [6, 6.07) is 2.70. The maximum atomic E-state index is 11.3. The third-order valence-corrected chi connectivity index (χ3v) is 4.02. The summed E-state index contributed by atoms with van der Waals surface area (Å²) >= 11 is 0. The van der Waals surface area contributed by atoms with E-state index in [1.54, 1.807) is 6.07 Å². The fraction of sp³-hybridized carbons (Fsp3) is 0.385. The van der Waals surface area contributed by atoms with Crippen LogP contribution in [0.15, 0.2) is 18.2 Å². The number of carbonyl (C=O) groups is 2. The highest BCUT2D eigenvalue weighted by Gasteiger charge is 2.29. The van der Waals surface area contributed by atoms with Gasteiger partial charge in [-0.3, -0.25) is 14.6 Å². The Morgan fingerprint density at radius 3 is 2.67 bits per heavy atom. The van der Waals surface area contributed by atoms with Crippen molar-refractivity contribution < 1.29 is 38.7 Å². The van der Waals surface area contributed by atoms with Gasteiger partial charge in [0.2, 0.25) is 0 Å². The van der Waals surface area contributed by atoms with Gasteiger partial charge in [-0.15, -0.1) is 0 Å². The van der Waals surface area contributed by atoms with Gasteiger partial charge in [0.1, 0.15) is 6.04 Å². The molecule has 24 heavy (non-hydrogen) atoms. The van der Waals surface area contributed by atoms with Crippen molar-refractivity contribution >= 4 is 19.8 Å². The molecule has 0 spiro atoms. The fourth-order valence-electron chi connectivity index (χ4n) is 2.45. The first kappa shape index (κ1) is 18.5. The van der Waals surface area contributed by atoms with Gasteiger partial charge >= 0.3 is 19.8 Å². The van der Waals surface area contributed by atoms with Gasteiger partial charge in [0, 0.05) is 19.1 Å². The highest BCUT2D eigenvalue weighted by Crippen LogP contribution is 2.35. The van der Waals surface area contributed by atoms with Crippen molar-refractivity contribution in [1.29, 1.82) is 0 Å². The maximum Gasteiger partial charge on any atom is 0.469 e. The Labute approximate surface area is 136 Å². The van der Waals surface area contributed by atoms with E-state index in [1.807, 2.05) is 0 Å². The zero-order chi connectivity index (χ0) is 17.9. The molecule has 0 fully saturated rings. The highest BCUT2D eigenvalue weighted by atomic mass is 31.2. The Morgan fingerprint density at radius 1 is 1.38 bits per heavy atom. The minimum atomic E-state index is -4.78. The Morgan fingerprint density at radius 2 is 2.08 bits per heavy atom. The first-order valence-electron chi connectivity index (χ1n) is 6.93. The van der Waals surface area contributed by atoms with E-state index in [2.05, 4.69) is 15.2 Å². The second-order valence-electron chi connectivity index (χ2n) is 5.25. The number of benzene rings is 1. The van der Waals surface area contributed by atoms with Crippen LogP contribution in [-0.4, -0.2) is 51.1 Å². The van der Waals surface area contributed by atoms with Gasteiger partial charge in [0.15, 0.2) is 0 Å². The van der Waals surface area contributed by atoms with Crippen molar-refractivity contribution in [1.82, 2.24) is 10.6 Å². The molecule has 0 bridgehead atoms. The topological polar surface area (TPSA) is 165 Å². The van der Waals surface area contributed by atoms with Gasteiger partial charge in [-0.2, -0.15) is 0 Å². The van der Waals surface area contributed by atoms with Crippen LogP contribution in [0.3, 0.4) is 0 Å². The lowest BCUT2D eigenvalue weighted by Gasteiger charge is -2.30. The standard InChI is InChI=1S/C13H17N2O8P/c16-12(17)7-1-2-9-8(3-7)4-14-5-10(9)15-11(13(18)19)6-23-24(20,21)22/h1-3,10-11,14-15H,4-6H2,(H,16,17)(H,18,19)(H2,20,21,22)/t10?,11-/m0/s1. The van der Waals surface area contributed by atoms with E-state index in [0.717, 1.165) is 5.56 Å². The first-order valence-corrected chi connectivity index (χ1v) is 8.46. The number of hydrogen-bond donors (Lipinski definition) is 6. The van der Waals surface area contributed by atoms with Gasteiger partial charge in [-0.05, 0) is 23.3 Å². The van der Waals surface area contributed by atoms with E-state index in [4.69, 9.17) is 14.9 Å². The zero-order valence-corrected chi connectivity index (χ0v) is 13.3. The van der Waals surface area contributed by atoms with Crippen LogP contribution >= 0.6 is 7.82 Å². The maximum absolute atomic E-state index is 11.3. The van der Waals surface area contributed by atoms with Crippen LogP contribution in [0.25, 0.3) is 0 Å². The van der Waals surface area contributed by atoms with Crippen molar-refractivity contribution in [3.05, 3.63) is 34.9 Å². The van der Waals surface area contributed by atoms with Crippen LogP contribution in [-0.2, 0) is 20.4 Å². The molecule has 2 rings (SSSR count). The van der Waals surface area contributed by atoms with Crippen molar-refractivity contribution in [3.8, 4) is 0 Å². The van der Waals surface area contributed by atoms with E-state index in [1.165, 1.54) is 12.1 Å². The van der Waals surface area contributed by atoms with E-state index < -0.39 is 38.5 Å². The van der Waals surface area contributed by atoms with Gasteiger partial charge in [0.25, 0.3) is 0 Å². The molecule has 1 heterocycles. The van der Waals surface area contributed by atoms with Gasteiger partial charge in [-0.1, -0.05) is 6.07 Å². The summed E-state index contributed by atoms with van der Waals surface area (Å²) in [7, 11) is -4.78. The smallest absolute Gasteiger partial charge is 0.469 e. The third kappa shape index (κ3) is 4.84. The zero-order valence-electron chi connectivity index (χ0n) is 12.4. The molecule has 11 heteroatoms. The molecule has 0 aromatic heterocycles. The second-order valence-corrected chi connectivity index (χ2v) is 6.49. The van der Waals surface area contributed by atoms with Crippen LogP contribution in [0.1, 0.15) is 27.5 Å². The third-order valence-electron chi connectivity index (χ3n) is 3.54. The normalized spacial score (nSPS) is 18.7. The van der Waals surface area contributed by atoms with Crippen molar-refractivity contribution in [2.24, 2.45) is 0 Å².